The number of aromatic nitrogens is 2. The third-order valence-electron chi connectivity index (χ3n) is 2.80. The molecule has 0 aliphatic rings. The fourth-order valence-corrected chi connectivity index (χ4v) is 1.74. The molecule has 1 heterocycles. The van der Waals surface area contributed by atoms with E-state index >= 15 is 0 Å². The van der Waals surface area contributed by atoms with Gasteiger partial charge >= 0.3 is 6.18 Å². The summed E-state index contributed by atoms with van der Waals surface area (Å²) in [5.41, 5.74) is 1.73. The highest BCUT2D eigenvalue weighted by Gasteiger charge is 2.27. The van der Waals surface area contributed by atoms with Gasteiger partial charge in [0.15, 0.2) is 0 Å². The van der Waals surface area contributed by atoms with Crippen LogP contribution in [0.5, 0.6) is 0 Å². The van der Waals surface area contributed by atoms with Gasteiger partial charge in [0.05, 0.1) is 6.42 Å². The fourth-order valence-electron chi connectivity index (χ4n) is 1.74. The second-order valence-corrected chi connectivity index (χ2v) is 4.46. The molecule has 19 heavy (non-hydrogen) atoms. The van der Waals surface area contributed by atoms with Crippen molar-refractivity contribution in [2.45, 2.75) is 52.6 Å². The third-order valence-corrected chi connectivity index (χ3v) is 2.80. The van der Waals surface area contributed by atoms with Crippen molar-refractivity contribution in [3.8, 4) is 0 Å². The molecule has 1 aromatic heterocycles. The maximum absolute atomic E-state index is 12.2. The van der Waals surface area contributed by atoms with E-state index in [9.17, 15) is 13.2 Å². The Morgan fingerprint density at radius 2 is 1.84 bits per heavy atom. The SMILES string of the molecule is CCCNc1nc(CCC(F)(F)F)nc(CC)c1C. The number of alkyl halides is 3. The van der Waals surface area contributed by atoms with E-state index in [4.69, 9.17) is 0 Å². The van der Waals surface area contributed by atoms with E-state index in [0.29, 0.717) is 12.2 Å². The van der Waals surface area contributed by atoms with Gasteiger partial charge in [0.2, 0.25) is 0 Å². The maximum atomic E-state index is 12.2. The van der Waals surface area contributed by atoms with Crippen molar-refractivity contribution >= 4 is 5.82 Å². The van der Waals surface area contributed by atoms with Gasteiger partial charge in [0, 0.05) is 24.2 Å². The molecule has 0 radical (unpaired) electrons. The molecule has 0 saturated carbocycles. The van der Waals surface area contributed by atoms with E-state index in [1.54, 1.807) is 0 Å². The zero-order valence-electron chi connectivity index (χ0n) is 11.6. The largest absolute Gasteiger partial charge is 0.389 e. The lowest BCUT2D eigenvalue weighted by Crippen LogP contribution is -2.13. The number of aryl methyl sites for hydroxylation is 2. The molecular weight excluding hydrogens is 255 g/mol. The summed E-state index contributed by atoms with van der Waals surface area (Å²) in [5.74, 6) is 0.921. The smallest absolute Gasteiger partial charge is 0.370 e. The van der Waals surface area contributed by atoms with Crippen molar-refractivity contribution in [1.82, 2.24) is 9.97 Å². The van der Waals surface area contributed by atoms with E-state index in [1.807, 2.05) is 20.8 Å². The fraction of sp³-hybridized carbons (Fsp3) is 0.692. The first kappa shape index (κ1) is 15.7. The Kier molecular flexibility index (Phi) is 5.57. The Hall–Kier alpha value is -1.33. The Bertz CT molecular complexity index is 416. The van der Waals surface area contributed by atoms with Crippen LogP contribution in [0.4, 0.5) is 19.0 Å². The number of nitrogens with zero attached hydrogens (tertiary/aromatic N) is 2. The average Bonchev–Trinajstić information content (AvgIpc) is 2.35. The van der Waals surface area contributed by atoms with Gasteiger partial charge in [-0.15, -0.1) is 0 Å². The molecule has 0 amide bonds. The second-order valence-electron chi connectivity index (χ2n) is 4.46. The van der Waals surface area contributed by atoms with Gasteiger partial charge in [-0.05, 0) is 19.8 Å². The Labute approximate surface area is 111 Å². The zero-order valence-corrected chi connectivity index (χ0v) is 11.6. The van der Waals surface area contributed by atoms with E-state index in [-0.39, 0.29) is 12.2 Å². The van der Waals surface area contributed by atoms with Crippen molar-refractivity contribution in [2.75, 3.05) is 11.9 Å². The van der Waals surface area contributed by atoms with Crippen molar-refractivity contribution < 1.29 is 13.2 Å². The highest BCUT2D eigenvalue weighted by Crippen LogP contribution is 2.23. The molecule has 0 unspecified atom stereocenters. The Balaban J connectivity index is 2.92. The van der Waals surface area contributed by atoms with Crippen LogP contribution in [-0.2, 0) is 12.8 Å². The van der Waals surface area contributed by atoms with E-state index in [0.717, 1.165) is 24.2 Å². The number of anilines is 1. The molecule has 3 nitrogen and oxygen atoms in total. The molecule has 1 N–H and O–H groups in total. The molecule has 0 atom stereocenters. The van der Waals surface area contributed by atoms with Crippen LogP contribution in [-0.4, -0.2) is 22.7 Å². The number of rotatable bonds is 6. The molecule has 0 spiro atoms. The number of halogens is 3. The van der Waals surface area contributed by atoms with Gasteiger partial charge in [-0.25, -0.2) is 9.97 Å². The molecule has 0 saturated heterocycles. The van der Waals surface area contributed by atoms with E-state index in [2.05, 4.69) is 15.3 Å². The van der Waals surface area contributed by atoms with Crippen LogP contribution >= 0.6 is 0 Å². The maximum Gasteiger partial charge on any atom is 0.389 e. The topological polar surface area (TPSA) is 37.8 Å². The highest BCUT2D eigenvalue weighted by atomic mass is 19.4. The van der Waals surface area contributed by atoms with Gasteiger partial charge in [0.25, 0.3) is 0 Å². The normalized spacial score (nSPS) is 11.7. The molecule has 1 aromatic rings. The third kappa shape index (κ3) is 5.04. The Morgan fingerprint density at radius 1 is 1.16 bits per heavy atom. The number of hydrogen-bond donors (Lipinski definition) is 1. The summed E-state index contributed by atoms with van der Waals surface area (Å²) < 4.78 is 36.7. The summed E-state index contributed by atoms with van der Waals surface area (Å²) in [5, 5.41) is 3.14. The van der Waals surface area contributed by atoms with E-state index < -0.39 is 12.6 Å². The quantitative estimate of drug-likeness (QED) is 0.861. The molecule has 0 fully saturated rings. The molecule has 0 bridgehead atoms. The lowest BCUT2D eigenvalue weighted by molar-refractivity contribution is -0.134. The van der Waals surface area contributed by atoms with Gasteiger partial charge in [-0.1, -0.05) is 13.8 Å². The van der Waals surface area contributed by atoms with E-state index in [1.165, 1.54) is 0 Å². The molecule has 108 valence electrons. The zero-order chi connectivity index (χ0) is 14.5. The van der Waals surface area contributed by atoms with Gasteiger partial charge < -0.3 is 5.32 Å². The number of nitrogens with one attached hydrogen (secondary N) is 1. The summed E-state index contributed by atoms with van der Waals surface area (Å²) in [4.78, 5) is 8.41. The average molecular weight is 275 g/mol. The van der Waals surface area contributed by atoms with Crippen LogP contribution < -0.4 is 5.32 Å². The predicted octanol–water partition coefficient (Wildman–Crippen LogP) is 3.66. The lowest BCUT2D eigenvalue weighted by atomic mass is 10.1. The summed E-state index contributed by atoms with van der Waals surface area (Å²) >= 11 is 0. The molecule has 0 aromatic carbocycles. The van der Waals surface area contributed by atoms with Gasteiger partial charge in [-0.3, -0.25) is 0 Å². The monoisotopic (exact) mass is 275 g/mol. The summed E-state index contributed by atoms with van der Waals surface area (Å²) in [6.45, 7) is 6.60. The molecule has 1 rings (SSSR count). The van der Waals surface area contributed by atoms with Crippen LogP contribution in [0.2, 0.25) is 0 Å². The van der Waals surface area contributed by atoms with Crippen LogP contribution in [0, 0.1) is 6.92 Å². The van der Waals surface area contributed by atoms with Crippen molar-refractivity contribution in [3.05, 3.63) is 17.1 Å². The first-order valence-corrected chi connectivity index (χ1v) is 6.54. The second kappa shape index (κ2) is 6.73. The molecule has 0 aliphatic heterocycles. The highest BCUT2D eigenvalue weighted by molar-refractivity contribution is 5.45. The van der Waals surface area contributed by atoms with Gasteiger partial charge in [-0.2, -0.15) is 13.2 Å². The summed E-state index contributed by atoms with van der Waals surface area (Å²) in [6.07, 6.45) is -3.60. The van der Waals surface area contributed by atoms with Crippen molar-refractivity contribution in [1.29, 1.82) is 0 Å². The van der Waals surface area contributed by atoms with Crippen LogP contribution in [0.15, 0.2) is 0 Å². The lowest BCUT2D eigenvalue weighted by Gasteiger charge is -2.13. The first-order valence-electron chi connectivity index (χ1n) is 6.54. The van der Waals surface area contributed by atoms with Crippen LogP contribution in [0.1, 0.15) is 43.8 Å². The molecule has 0 aliphatic carbocycles. The van der Waals surface area contributed by atoms with Crippen LogP contribution in [0.25, 0.3) is 0 Å². The summed E-state index contributed by atoms with van der Waals surface area (Å²) in [6, 6.07) is 0. The first-order chi connectivity index (χ1) is 8.87. The van der Waals surface area contributed by atoms with Crippen molar-refractivity contribution in [2.24, 2.45) is 0 Å². The van der Waals surface area contributed by atoms with Gasteiger partial charge in [0.1, 0.15) is 11.6 Å². The number of hydrogen-bond acceptors (Lipinski definition) is 3. The summed E-state index contributed by atoms with van der Waals surface area (Å²) in [7, 11) is 0. The predicted molar refractivity (Wildman–Crippen MR) is 69.3 cm³/mol. The van der Waals surface area contributed by atoms with Crippen molar-refractivity contribution in [3.63, 3.8) is 0 Å². The molecule has 6 heteroatoms. The Morgan fingerprint density at radius 3 is 2.37 bits per heavy atom. The van der Waals surface area contributed by atoms with Crippen LogP contribution in [0.3, 0.4) is 0 Å². The minimum atomic E-state index is -4.17. The minimum absolute atomic E-state index is 0.169. The standard InChI is InChI=1S/C13H20F3N3/c1-4-8-17-12-9(3)10(5-2)18-11(19-12)6-7-13(14,15)16/h4-8H2,1-3H3,(H,17,18,19). The molecular formula is C13H20F3N3. The minimum Gasteiger partial charge on any atom is -0.370 e.